The summed E-state index contributed by atoms with van der Waals surface area (Å²) in [5.74, 6) is -2.02. The monoisotopic (exact) mass is 554 g/mol. The summed E-state index contributed by atoms with van der Waals surface area (Å²) in [7, 11) is 0. The molecule has 0 bridgehead atoms. The Morgan fingerprint density at radius 3 is 2.53 bits per heavy atom. The van der Waals surface area contributed by atoms with E-state index in [2.05, 4.69) is 15.4 Å². The molecule has 5 rings (SSSR count). The molecule has 2 N–H and O–H groups in total. The van der Waals surface area contributed by atoms with E-state index in [4.69, 9.17) is 23.2 Å². The molecule has 0 aliphatic heterocycles. The summed E-state index contributed by atoms with van der Waals surface area (Å²) >= 11 is 13.1. The van der Waals surface area contributed by atoms with Gasteiger partial charge in [-0.3, -0.25) is 4.79 Å². The Morgan fingerprint density at radius 2 is 1.83 bits per heavy atom. The predicted octanol–water partition coefficient (Wildman–Crippen LogP) is 6.61. The van der Waals surface area contributed by atoms with Crippen molar-refractivity contribution in [3.05, 3.63) is 67.8 Å². The second-order valence-corrected chi connectivity index (χ2v) is 10.0. The van der Waals surface area contributed by atoms with Gasteiger partial charge in [-0.05, 0) is 49.4 Å². The summed E-state index contributed by atoms with van der Waals surface area (Å²) in [6.07, 6.45) is -1.75. The minimum Gasteiger partial charge on any atom is -0.478 e. The fourth-order valence-electron chi connectivity index (χ4n) is 4.14. The number of fused-ring (bicyclic) bond motifs is 2. The van der Waals surface area contributed by atoms with Gasteiger partial charge >= 0.3 is 12.1 Å². The van der Waals surface area contributed by atoms with Crippen LogP contribution in [0.4, 0.5) is 18.2 Å². The van der Waals surface area contributed by atoms with Crippen LogP contribution < -0.4 is 5.32 Å². The molecule has 0 saturated carbocycles. The summed E-state index contributed by atoms with van der Waals surface area (Å²) in [4.78, 5) is 29.9. The van der Waals surface area contributed by atoms with Crippen LogP contribution in [-0.2, 0) is 19.0 Å². The van der Waals surface area contributed by atoms with Gasteiger partial charge < -0.3 is 10.4 Å². The summed E-state index contributed by atoms with van der Waals surface area (Å²) < 4.78 is 42.2. The number of rotatable bonds is 4. The number of carboxylic acids is 1. The topological polar surface area (TPSA) is 96.6 Å². The van der Waals surface area contributed by atoms with Crippen LogP contribution in [0.15, 0.2) is 30.3 Å². The molecule has 4 aromatic rings. The summed E-state index contributed by atoms with van der Waals surface area (Å²) in [5, 5.41) is 16.6. The number of carbonyl (C=O) groups excluding carboxylic acids is 1. The molecule has 1 aromatic carbocycles. The average molecular weight is 555 g/mol. The van der Waals surface area contributed by atoms with Gasteiger partial charge in [0, 0.05) is 16.5 Å². The lowest BCUT2D eigenvalue weighted by Gasteiger charge is -2.11. The molecule has 0 saturated heterocycles. The number of aromatic carboxylic acids is 1. The highest BCUT2D eigenvalue weighted by Gasteiger charge is 2.36. The molecule has 3 heterocycles. The van der Waals surface area contributed by atoms with E-state index >= 15 is 0 Å². The van der Waals surface area contributed by atoms with Crippen LogP contribution in [0.5, 0.6) is 0 Å². The highest BCUT2D eigenvalue weighted by Crippen LogP contribution is 2.39. The Hall–Kier alpha value is -3.15. The van der Waals surface area contributed by atoms with Gasteiger partial charge in [0.2, 0.25) is 0 Å². The zero-order valence-electron chi connectivity index (χ0n) is 18.1. The molecule has 1 aliphatic rings. The minimum absolute atomic E-state index is 0.0165. The highest BCUT2D eigenvalue weighted by atomic mass is 35.5. The largest absolute Gasteiger partial charge is 0.478 e. The van der Waals surface area contributed by atoms with Crippen molar-refractivity contribution in [1.82, 2.24) is 14.6 Å². The van der Waals surface area contributed by atoms with Crippen LogP contribution in [0.3, 0.4) is 0 Å². The van der Waals surface area contributed by atoms with E-state index in [0.29, 0.717) is 28.5 Å². The molecule has 0 fully saturated rings. The van der Waals surface area contributed by atoms with Gasteiger partial charge in [0.15, 0.2) is 17.0 Å². The molecule has 0 radical (unpaired) electrons. The van der Waals surface area contributed by atoms with Crippen LogP contribution in [0, 0.1) is 0 Å². The van der Waals surface area contributed by atoms with Crippen molar-refractivity contribution in [3.63, 3.8) is 0 Å². The molecule has 3 aromatic heterocycles. The number of hydrogen-bond acceptors (Lipinski definition) is 5. The number of carbonyl (C=O) groups is 2. The second-order valence-electron chi connectivity index (χ2n) is 8.13. The third kappa shape index (κ3) is 4.42. The van der Waals surface area contributed by atoms with E-state index in [0.717, 1.165) is 41.2 Å². The zero-order chi connectivity index (χ0) is 25.8. The van der Waals surface area contributed by atoms with Crippen molar-refractivity contribution >= 4 is 57.1 Å². The van der Waals surface area contributed by atoms with Crippen LogP contribution in [-0.4, -0.2) is 31.6 Å². The Bertz CT molecular complexity index is 1550. The number of benzene rings is 1. The average Bonchev–Trinajstić information content (AvgIpc) is 3.40. The van der Waals surface area contributed by atoms with Gasteiger partial charge in [-0.1, -0.05) is 29.3 Å². The summed E-state index contributed by atoms with van der Waals surface area (Å²) in [5.41, 5.74) is -0.759. The number of alkyl halides is 3. The number of thiophene rings is 1. The van der Waals surface area contributed by atoms with Crippen molar-refractivity contribution < 1.29 is 27.9 Å². The van der Waals surface area contributed by atoms with Gasteiger partial charge in [-0.15, -0.1) is 11.3 Å². The number of hydrogen-bond donors (Lipinski definition) is 2. The Kier molecular flexibility index (Phi) is 6.17. The van der Waals surface area contributed by atoms with Crippen molar-refractivity contribution in [2.75, 3.05) is 5.32 Å². The molecular weight excluding hydrogens is 540 g/mol. The molecule has 0 atom stereocenters. The first-order valence-corrected chi connectivity index (χ1v) is 12.2. The maximum Gasteiger partial charge on any atom is 0.433 e. The Balaban J connectivity index is 1.56. The van der Waals surface area contributed by atoms with Crippen LogP contribution in [0.2, 0.25) is 10.0 Å². The molecule has 36 heavy (non-hydrogen) atoms. The molecule has 186 valence electrons. The number of amides is 1. The van der Waals surface area contributed by atoms with E-state index in [9.17, 15) is 27.9 Å². The predicted molar refractivity (Wildman–Crippen MR) is 129 cm³/mol. The van der Waals surface area contributed by atoms with E-state index < -0.39 is 23.7 Å². The first kappa shape index (κ1) is 24.5. The number of nitrogens with one attached hydrogen (secondary N) is 1. The molecule has 0 unspecified atom stereocenters. The lowest BCUT2D eigenvalue weighted by Crippen LogP contribution is -2.16. The van der Waals surface area contributed by atoms with Crippen LogP contribution in [0.25, 0.3) is 16.9 Å². The third-order valence-electron chi connectivity index (χ3n) is 5.78. The Morgan fingerprint density at radius 1 is 1.08 bits per heavy atom. The van der Waals surface area contributed by atoms with E-state index in [1.165, 1.54) is 18.2 Å². The van der Waals surface area contributed by atoms with E-state index in [1.807, 2.05) is 0 Å². The number of halogens is 5. The number of aromatic nitrogens is 3. The highest BCUT2D eigenvalue weighted by molar-refractivity contribution is 7.17. The van der Waals surface area contributed by atoms with Crippen molar-refractivity contribution in [2.45, 2.75) is 31.9 Å². The summed E-state index contributed by atoms with van der Waals surface area (Å²) in [6, 6.07) is 6.22. The maximum atomic E-state index is 13.9. The van der Waals surface area contributed by atoms with Crippen molar-refractivity contribution in [1.29, 1.82) is 0 Å². The second kappa shape index (κ2) is 9.06. The molecule has 1 aliphatic carbocycles. The quantitative estimate of drug-likeness (QED) is 0.295. The fourth-order valence-corrected chi connectivity index (χ4v) is 5.71. The van der Waals surface area contributed by atoms with Gasteiger partial charge in [-0.2, -0.15) is 18.3 Å². The number of nitrogens with zero attached hydrogens (tertiary/aromatic N) is 3. The smallest absolute Gasteiger partial charge is 0.433 e. The van der Waals surface area contributed by atoms with Gasteiger partial charge in [0.1, 0.15) is 5.00 Å². The molecule has 1 amide bonds. The lowest BCUT2D eigenvalue weighted by molar-refractivity contribution is -0.142. The Labute approximate surface area is 215 Å². The van der Waals surface area contributed by atoms with Gasteiger partial charge in [-0.25, -0.2) is 14.3 Å². The fraction of sp³-hybridized carbons (Fsp3) is 0.217. The standard InChI is InChI=1S/C23H15Cl2F3N4O3S/c24-12-6-5-10(7-13(12)25)14-8-17(23(26,27)28)32-18(29-14)9-15(31-32)20(33)30-21-19(22(34)35)11-3-1-2-4-16(11)36-21/h5-9H,1-4H2,(H,30,33)(H,34,35). The zero-order valence-corrected chi connectivity index (χ0v) is 20.4. The van der Waals surface area contributed by atoms with Crippen molar-refractivity contribution in [3.8, 4) is 11.3 Å². The number of carboxylic acid groups (broad SMARTS) is 1. The van der Waals surface area contributed by atoms with Crippen LogP contribution >= 0.6 is 34.5 Å². The number of anilines is 1. The van der Waals surface area contributed by atoms with Gasteiger partial charge in [0.25, 0.3) is 5.91 Å². The first-order valence-electron chi connectivity index (χ1n) is 10.7. The molecule has 13 heteroatoms. The van der Waals surface area contributed by atoms with E-state index in [-0.39, 0.29) is 37.6 Å². The maximum absolute atomic E-state index is 13.9. The van der Waals surface area contributed by atoms with Crippen molar-refractivity contribution in [2.24, 2.45) is 0 Å². The minimum atomic E-state index is -4.81. The molecule has 0 spiro atoms. The normalized spacial score (nSPS) is 13.6. The number of aryl methyl sites for hydroxylation is 1. The third-order valence-corrected chi connectivity index (χ3v) is 7.72. The summed E-state index contributed by atoms with van der Waals surface area (Å²) in [6.45, 7) is 0. The van der Waals surface area contributed by atoms with Crippen LogP contribution in [0.1, 0.15) is 49.8 Å². The van der Waals surface area contributed by atoms with Gasteiger partial charge in [0.05, 0.1) is 21.3 Å². The first-order chi connectivity index (χ1) is 17.0. The van der Waals surface area contributed by atoms with E-state index in [1.54, 1.807) is 0 Å². The molecule has 7 nitrogen and oxygen atoms in total. The molecular formula is C23H15Cl2F3N4O3S. The SMILES string of the molecule is O=C(Nc1sc2c(c1C(=O)O)CCCC2)c1cc2nc(-c3ccc(Cl)c(Cl)c3)cc(C(F)(F)F)n2n1. The lowest BCUT2D eigenvalue weighted by atomic mass is 9.95.